The number of carbonyl (C=O) groups is 1. The van der Waals surface area contributed by atoms with Crippen molar-refractivity contribution in [2.45, 2.75) is 18.9 Å². The lowest BCUT2D eigenvalue weighted by Crippen LogP contribution is -2.38. The molecule has 0 radical (unpaired) electrons. The first kappa shape index (κ1) is 13.7. The van der Waals surface area contributed by atoms with Gasteiger partial charge in [-0.3, -0.25) is 4.79 Å². The Bertz CT molecular complexity index is 470. The first-order valence-electron chi connectivity index (χ1n) is 6.22. The van der Waals surface area contributed by atoms with E-state index >= 15 is 0 Å². The summed E-state index contributed by atoms with van der Waals surface area (Å²) in [5.41, 5.74) is 4.54. The van der Waals surface area contributed by atoms with Crippen molar-refractivity contribution < 1.29 is 13.6 Å². The number of nitrogens with one attached hydrogen (secondary N) is 1. The third-order valence-corrected chi connectivity index (χ3v) is 3.51. The molecule has 0 spiro atoms. The molecule has 1 fully saturated rings. The molecule has 1 aliphatic heterocycles. The molecule has 1 aromatic rings. The van der Waals surface area contributed by atoms with Crippen LogP contribution in [0.2, 0.25) is 0 Å². The van der Waals surface area contributed by atoms with Crippen molar-refractivity contribution in [2.75, 3.05) is 25.9 Å². The number of hydrogen-bond donors (Lipinski definition) is 2. The van der Waals surface area contributed by atoms with E-state index in [1.807, 2.05) is 7.05 Å². The molecule has 104 valence electrons. The van der Waals surface area contributed by atoms with Crippen molar-refractivity contribution in [2.24, 2.45) is 0 Å². The Morgan fingerprint density at radius 1 is 1.47 bits per heavy atom. The van der Waals surface area contributed by atoms with Crippen LogP contribution in [0, 0.1) is 11.6 Å². The van der Waals surface area contributed by atoms with E-state index in [4.69, 9.17) is 5.73 Å². The molecule has 0 saturated carbocycles. The van der Waals surface area contributed by atoms with E-state index in [0.29, 0.717) is 6.54 Å². The van der Waals surface area contributed by atoms with Gasteiger partial charge in [0.2, 0.25) is 0 Å². The summed E-state index contributed by atoms with van der Waals surface area (Å²) in [4.78, 5) is 14.0. The summed E-state index contributed by atoms with van der Waals surface area (Å²) in [5, 5.41) is 2.69. The van der Waals surface area contributed by atoms with E-state index in [1.165, 1.54) is 0 Å². The third kappa shape index (κ3) is 3.01. The number of halogens is 2. The van der Waals surface area contributed by atoms with Gasteiger partial charge in [0.1, 0.15) is 17.3 Å². The second-order valence-electron chi connectivity index (χ2n) is 4.84. The minimum absolute atomic E-state index is 0.0511. The zero-order valence-electron chi connectivity index (χ0n) is 10.7. The summed E-state index contributed by atoms with van der Waals surface area (Å²) >= 11 is 0. The van der Waals surface area contributed by atoms with Crippen LogP contribution in [-0.2, 0) is 0 Å². The fourth-order valence-electron chi connectivity index (χ4n) is 2.27. The van der Waals surface area contributed by atoms with E-state index in [-0.39, 0.29) is 11.6 Å². The number of hydrogen-bond acceptors (Lipinski definition) is 3. The average Bonchev–Trinajstić information content (AvgIpc) is 2.78. The van der Waals surface area contributed by atoms with Crippen molar-refractivity contribution >= 4 is 11.6 Å². The second kappa shape index (κ2) is 5.52. The standard InChI is InChI=1S/C13H17F2N3O/c1-18-4-2-3-9(18)7-17-13(19)8-5-10(14)12(16)11(15)6-8/h5-6,9H,2-4,7,16H2,1H3,(H,17,19). The van der Waals surface area contributed by atoms with Crippen molar-refractivity contribution in [1.29, 1.82) is 0 Å². The summed E-state index contributed by atoms with van der Waals surface area (Å²) in [5.74, 6) is -2.32. The molecule has 19 heavy (non-hydrogen) atoms. The van der Waals surface area contributed by atoms with Crippen molar-refractivity contribution in [3.05, 3.63) is 29.3 Å². The Balaban J connectivity index is 2.00. The third-order valence-electron chi connectivity index (χ3n) is 3.51. The minimum atomic E-state index is -0.914. The molecule has 0 aromatic heterocycles. The Labute approximate surface area is 110 Å². The summed E-state index contributed by atoms with van der Waals surface area (Å²) in [7, 11) is 1.99. The maximum Gasteiger partial charge on any atom is 0.251 e. The van der Waals surface area contributed by atoms with Gasteiger partial charge in [-0.1, -0.05) is 0 Å². The summed E-state index contributed by atoms with van der Waals surface area (Å²) < 4.78 is 26.5. The molecule has 1 aromatic carbocycles. The van der Waals surface area contributed by atoms with E-state index in [9.17, 15) is 13.6 Å². The molecular weight excluding hydrogens is 252 g/mol. The molecule has 1 heterocycles. The number of anilines is 1. The minimum Gasteiger partial charge on any atom is -0.394 e. The molecule has 1 saturated heterocycles. The molecule has 2 rings (SSSR count). The number of nitrogens with zero attached hydrogens (tertiary/aromatic N) is 1. The van der Waals surface area contributed by atoms with Crippen LogP contribution in [0.5, 0.6) is 0 Å². The number of carbonyl (C=O) groups excluding carboxylic acids is 1. The van der Waals surface area contributed by atoms with Gasteiger partial charge in [-0.15, -0.1) is 0 Å². The van der Waals surface area contributed by atoms with E-state index in [0.717, 1.165) is 31.5 Å². The molecular formula is C13H17F2N3O. The predicted octanol–water partition coefficient (Wildman–Crippen LogP) is 1.37. The smallest absolute Gasteiger partial charge is 0.251 e. The molecule has 1 unspecified atom stereocenters. The van der Waals surface area contributed by atoms with E-state index in [2.05, 4.69) is 10.2 Å². The summed E-state index contributed by atoms with van der Waals surface area (Å²) in [6, 6.07) is 2.19. The van der Waals surface area contributed by atoms with Gasteiger partial charge in [-0.25, -0.2) is 8.78 Å². The fraction of sp³-hybridized carbons (Fsp3) is 0.462. The predicted molar refractivity (Wildman–Crippen MR) is 68.8 cm³/mol. The number of nitrogen functional groups attached to an aromatic ring is 1. The molecule has 1 aliphatic rings. The Morgan fingerprint density at radius 3 is 2.63 bits per heavy atom. The maximum atomic E-state index is 13.3. The average molecular weight is 269 g/mol. The van der Waals surface area contributed by atoms with Crippen molar-refractivity contribution in [1.82, 2.24) is 10.2 Å². The van der Waals surface area contributed by atoms with Crippen LogP contribution in [0.25, 0.3) is 0 Å². The van der Waals surface area contributed by atoms with Crippen LogP contribution in [0.1, 0.15) is 23.2 Å². The van der Waals surface area contributed by atoms with Gasteiger partial charge in [0.15, 0.2) is 0 Å². The Hall–Kier alpha value is -1.69. The first-order chi connectivity index (χ1) is 8.99. The molecule has 1 amide bonds. The molecule has 3 N–H and O–H groups in total. The SMILES string of the molecule is CN1CCCC1CNC(=O)c1cc(F)c(N)c(F)c1. The van der Waals surface area contributed by atoms with Crippen molar-refractivity contribution in [3.8, 4) is 0 Å². The lowest BCUT2D eigenvalue weighted by Gasteiger charge is -2.19. The van der Waals surface area contributed by atoms with Gasteiger partial charge in [0.05, 0.1) is 0 Å². The molecule has 1 atom stereocenters. The maximum absolute atomic E-state index is 13.3. The van der Waals surface area contributed by atoms with Crippen LogP contribution < -0.4 is 11.1 Å². The molecule has 0 aliphatic carbocycles. The molecule has 6 heteroatoms. The van der Waals surface area contributed by atoms with Gasteiger partial charge in [0, 0.05) is 18.2 Å². The van der Waals surface area contributed by atoms with E-state index < -0.39 is 23.2 Å². The quantitative estimate of drug-likeness (QED) is 0.815. The van der Waals surface area contributed by atoms with Gasteiger partial charge < -0.3 is 16.0 Å². The largest absolute Gasteiger partial charge is 0.394 e. The van der Waals surface area contributed by atoms with Crippen LogP contribution >= 0.6 is 0 Å². The van der Waals surface area contributed by atoms with Crippen molar-refractivity contribution in [3.63, 3.8) is 0 Å². The van der Waals surface area contributed by atoms with Gasteiger partial charge in [-0.2, -0.15) is 0 Å². The van der Waals surface area contributed by atoms with Crippen LogP contribution in [0.4, 0.5) is 14.5 Å². The number of amides is 1. The highest BCUT2D eigenvalue weighted by molar-refractivity contribution is 5.94. The lowest BCUT2D eigenvalue weighted by molar-refractivity contribution is 0.0943. The summed E-state index contributed by atoms with van der Waals surface area (Å²) in [6.45, 7) is 1.48. The monoisotopic (exact) mass is 269 g/mol. The fourth-order valence-corrected chi connectivity index (χ4v) is 2.27. The highest BCUT2D eigenvalue weighted by Gasteiger charge is 2.21. The first-order valence-corrected chi connectivity index (χ1v) is 6.22. The molecule has 4 nitrogen and oxygen atoms in total. The summed E-state index contributed by atoms with van der Waals surface area (Å²) in [6.07, 6.45) is 2.11. The normalized spacial score (nSPS) is 19.6. The van der Waals surface area contributed by atoms with Gasteiger partial charge >= 0.3 is 0 Å². The highest BCUT2D eigenvalue weighted by Crippen LogP contribution is 2.17. The Morgan fingerprint density at radius 2 is 2.11 bits per heavy atom. The number of benzene rings is 1. The van der Waals surface area contributed by atoms with Crippen LogP contribution in [0.3, 0.4) is 0 Å². The Kier molecular flexibility index (Phi) is 3.99. The van der Waals surface area contributed by atoms with E-state index in [1.54, 1.807) is 0 Å². The second-order valence-corrected chi connectivity index (χ2v) is 4.84. The zero-order chi connectivity index (χ0) is 14.0. The molecule has 0 bridgehead atoms. The topological polar surface area (TPSA) is 58.4 Å². The highest BCUT2D eigenvalue weighted by atomic mass is 19.1. The van der Waals surface area contributed by atoms with Gasteiger partial charge in [-0.05, 0) is 38.6 Å². The lowest BCUT2D eigenvalue weighted by atomic mass is 10.1. The number of rotatable bonds is 3. The number of likely N-dealkylation sites (tertiary alicyclic amines) is 1. The van der Waals surface area contributed by atoms with Gasteiger partial charge in [0.25, 0.3) is 5.91 Å². The van der Waals surface area contributed by atoms with Crippen LogP contribution in [-0.4, -0.2) is 37.0 Å². The van der Waals surface area contributed by atoms with Crippen LogP contribution in [0.15, 0.2) is 12.1 Å². The number of likely N-dealkylation sites (N-methyl/N-ethyl adjacent to an activating group) is 1. The number of nitrogens with two attached hydrogens (primary N) is 1. The zero-order valence-corrected chi connectivity index (χ0v) is 10.7.